The SMILES string of the molecule is COc1ccc(/C=C/C(=O)NC(=S)NNC(=O)COc2c(C)cc(Br)cc2Br)cc1. The highest BCUT2D eigenvalue weighted by atomic mass is 79.9. The van der Waals surface area contributed by atoms with Gasteiger partial charge in [-0.3, -0.25) is 25.8 Å². The van der Waals surface area contributed by atoms with E-state index in [1.165, 1.54) is 6.08 Å². The molecule has 0 bridgehead atoms. The fraction of sp³-hybridized carbons (Fsp3) is 0.150. The van der Waals surface area contributed by atoms with E-state index in [9.17, 15) is 9.59 Å². The average Bonchev–Trinajstić information content (AvgIpc) is 2.70. The van der Waals surface area contributed by atoms with Crippen molar-refractivity contribution in [2.24, 2.45) is 0 Å². The highest BCUT2D eigenvalue weighted by Crippen LogP contribution is 2.32. The molecule has 0 saturated carbocycles. The largest absolute Gasteiger partial charge is 0.497 e. The van der Waals surface area contributed by atoms with Gasteiger partial charge in [0.1, 0.15) is 11.5 Å². The monoisotopic (exact) mass is 555 g/mol. The standard InChI is InChI=1S/C20H19Br2N3O4S/c1-12-9-14(21)10-16(22)19(12)29-11-18(27)24-25-20(30)23-17(26)8-5-13-3-6-15(28-2)7-4-13/h3-10H,11H2,1-2H3,(H,24,27)(H2,23,25,26,30)/b8-5+. The number of rotatable bonds is 6. The topological polar surface area (TPSA) is 88.7 Å². The number of amides is 2. The van der Waals surface area contributed by atoms with Gasteiger partial charge in [-0.15, -0.1) is 0 Å². The lowest BCUT2D eigenvalue weighted by molar-refractivity contribution is -0.123. The molecule has 0 aliphatic rings. The van der Waals surface area contributed by atoms with Gasteiger partial charge < -0.3 is 9.47 Å². The summed E-state index contributed by atoms with van der Waals surface area (Å²) in [4.78, 5) is 23.9. The molecular formula is C20H19Br2N3O4S. The average molecular weight is 557 g/mol. The lowest BCUT2D eigenvalue weighted by Crippen LogP contribution is -2.49. The Balaban J connectivity index is 1.74. The zero-order valence-electron chi connectivity index (χ0n) is 16.1. The van der Waals surface area contributed by atoms with E-state index in [1.54, 1.807) is 25.3 Å². The maximum Gasteiger partial charge on any atom is 0.276 e. The number of hydrazine groups is 1. The number of carbonyl (C=O) groups is 2. The van der Waals surface area contributed by atoms with Crippen molar-refractivity contribution in [3.63, 3.8) is 0 Å². The number of methoxy groups -OCH3 is 1. The molecule has 0 aliphatic heterocycles. The van der Waals surface area contributed by atoms with Crippen molar-refractivity contribution in [3.8, 4) is 11.5 Å². The summed E-state index contributed by atoms with van der Waals surface area (Å²) < 4.78 is 12.2. The van der Waals surface area contributed by atoms with Gasteiger partial charge in [-0.05, 0) is 76.5 Å². The summed E-state index contributed by atoms with van der Waals surface area (Å²) in [6.07, 6.45) is 2.96. The molecule has 10 heteroatoms. The molecule has 0 unspecified atom stereocenters. The third kappa shape index (κ3) is 7.77. The minimum absolute atomic E-state index is 0.0475. The van der Waals surface area contributed by atoms with Gasteiger partial charge in [0.05, 0.1) is 11.6 Å². The Bertz CT molecular complexity index is 942. The van der Waals surface area contributed by atoms with Crippen LogP contribution in [-0.4, -0.2) is 30.6 Å². The Kier molecular flexibility index (Phi) is 9.28. The molecule has 2 aromatic rings. The van der Waals surface area contributed by atoms with E-state index in [4.69, 9.17) is 21.7 Å². The lowest BCUT2D eigenvalue weighted by atomic mass is 10.2. The molecule has 2 rings (SSSR count). The quantitative estimate of drug-likeness (QED) is 0.286. The maximum atomic E-state index is 11.9. The number of halogens is 2. The zero-order chi connectivity index (χ0) is 22.1. The molecule has 0 radical (unpaired) electrons. The number of ether oxygens (including phenoxy) is 2. The number of thiocarbonyl (C=S) groups is 1. The molecule has 0 aromatic heterocycles. The van der Waals surface area contributed by atoms with Crippen LogP contribution in [0.5, 0.6) is 11.5 Å². The van der Waals surface area contributed by atoms with Gasteiger partial charge in [0.25, 0.3) is 5.91 Å². The second-order valence-corrected chi connectivity index (χ2v) is 8.10. The summed E-state index contributed by atoms with van der Waals surface area (Å²) >= 11 is 11.8. The minimum Gasteiger partial charge on any atom is -0.497 e. The molecule has 30 heavy (non-hydrogen) atoms. The van der Waals surface area contributed by atoms with Crippen LogP contribution in [0.25, 0.3) is 6.08 Å². The summed E-state index contributed by atoms with van der Waals surface area (Å²) in [5.41, 5.74) is 6.50. The van der Waals surface area contributed by atoms with Crippen LogP contribution >= 0.6 is 44.1 Å². The Morgan fingerprint density at radius 3 is 2.47 bits per heavy atom. The lowest BCUT2D eigenvalue weighted by Gasteiger charge is -2.13. The smallest absolute Gasteiger partial charge is 0.276 e. The first kappa shape index (κ1) is 23.8. The molecule has 0 aliphatic carbocycles. The fourth-order valence-electron chi connectivity index (χ4n) is 2.24. The first-order chi connectivity index (χ1) is 14.3. The molecular weight excluding hydrogens is 538 g/mol. The second-order valence-electron chi connectivity index (χ2n) is 5.92. The molecule has 2 aromatic carbocycles. The summed E-state index contributed by atoms with van der Waals surface area (Å²) in [5, 5.41) is 2.38. The van der Waals surface area contributed by atoms with Crippen LogP contribution in [0.4, 0.5) is 0 Å². The molecule has 0 atom stereocenters. The second kappa shape index (κ2) is 11.7. The highest BCUT2D eigenvalue weighted by molar-refractivity contribution is 9.11. The van der Waals surface area contributed by atoms with Crippen molar-refractivity contribution < 1.29 is 19.1 Å². The number of benzene rings is 2. The predicted molar refractivity (Wildman–Crippen MR) is 126 cm³/mol. The van der Waals surface area contributed by atoms with Crippen LogP contribution in [-0.2, 0) is 9.59 Å². The molecule has 2 amide bonds. The molecule has 7 nitrogen and oxygen atoms in total. The van der Waals surface area contributed by atoms with Crippen LogP contribution in [0.15, 0.2) is 51.4 Å². The van der Waals surface area contributed by atoms with Crippen LogP contribution in [0, 0.1) is 6.92 Å². The fourth-order valence-corrected chi connectivity index (χ4v) is 3.95. The van der Waals surface area contributed by atoms with Crippen LogP contribution in [0.2, 0.25) is 0 Å². The first-order valence-electron chi connectivity index (χ1n) is 8.59. The van der Waals surface area contributed by atoms with Gasteiger partial charge in [-0.1, -0.05) is 28.1 Å². The van der Waals surface area contributed by atoms with Crippen molar-refractivity contribution >= 4 is 67.1 Å². The third-order valence-electron chi connectivity index (χ3n) is 3.64. The normalized spacial score (nSPS) is 10.4. The third-order valence-corrected chi connectivity index (χ3v) is 4.89. The van der Waals surface area contributed by atoms with E-state index < -0.39 is 11.8 Å². The number of aryl methyl sites for hydroxylation is 1. The summed E-state index contributed by atoms with van der Waals surface area (Å²) in [5.74, 6) is 0.384. The van der Waals surface area contributed by atoms with Gasteiger partial charge in [0, 0.05) is 10.5 Å². The van der Waals surface area contributed by atoms with Crippen LogP contribution in [0.1, 0.15) is 11.1 Å². The van der Waals surface area contributed by atoms with Gasteiger partial charge in [0.15, 0.2) is 11.7 Å². The van der Waals surface area contributed by atoms with Gasteiger partial charge in [-0.25, -0.2) is 0 Å². The Labute approximate surface area is 196 Å². The Morgan fingerprint density at radius 1 is 1.13 bits per heavy atom. The van der Waals surface area contributed by atoms with E-state index >= 15 is 0 Å². The molecule has 0 saturated heterocycles. The van der Waals surface area contributed by atoms with E-state index in [0.717, 1.165) is 25.8 Å². The van der Waals surface area contributed by atoms with Crippen LogP contribution < -0.4 is 25.6 Å². The summed E-state index contributed by atoms with van der Waals surface area (Å²) in [6, 6.07) is 10.9. The molecule has 0 spiro atoms. The molecule has 3 N–H and O–H groups in total. The molecule has 158 valence electrons. The van der Waals surface area contributed by atoms with Crippen molar-refractivity contribution in [1.29, 1.82) is 0 Å². The number of carbonyl (C=O) groups excluding carboxylic acids is 2. The van der Waals surface area contributed by atoms with Gasteiger partial charge in [-0.2, -0.15) is 0 Å². The van der Waals surface area contributed by atoms with Crippen molar-refractivity contribution in [3.05, 3.63) is 62.5 Å². The van der Waals surface area contributed by atoms with E-state index in [-0.39, 0.29) is 11.7 Å². The van der Waals surface area contributed by atoms with Gasteiger partial charge >= 0.3 is 0 Å². The number of nitrogens with one attached hydrogen (secondary N) is 3. The Hall–Kier alpha value is -2.43. The van der Waals surface area contributed by atoms with Crippen LogP contribution in [0.3, 0.4) is 0 Å². The van der Waals surface area contributed by atoms with Gasteiger partial charge in [0.2, 0.25) is 5.91 Å². The number of hydrogen-bond donors (Lipinski definition) is 3. The summed E-state index contributed by atoms with van der Waals surface area (Å²) in [6.45, 7) is 1.63. The molecule has 0 heterocycles. The summed E-state index contributed by atoms with van der Waals surface area (Å²) in [7, 11) is 1.58. The maximum absolute atomic E-state index is 11.9. The first-order valence-corrected chi connectivity index (χ1v) is 10.6. The highest BCUT2D eigenvalue weighted by Gasteiger charge is 2.10. The molecule has 0 fully saturated rings. The zero-order valence-corrected chi connectivity index (χ0v) is 20.1. The van der Waals surface area contributed by atoms with Crippen molar-refractivity contribution in [2.75, 3.05) is 13.7 Å². The van der Waals surface area contributed by atoms with E-state index in [2.05, 4.69) is 48.0 Å². The van der Waals surface area contributed by atoms with Crippen molar-refractivity contribution in [2.45, 2.75) is 6.92 Å². The van der Waals surface area contributed by atoms with E-state index in [1.807, 2.05) is 31.2 Å². The van der Waals surface area contributed by atoms with E-state index in [0.29, 0.717) is 5.75 Å². The minimum atomic E-state index is -0.463. The predicted octanol–water partition coefficient (Wildman–Crippen LogP) is 3.64. The number of hydrogen-bond acceptors (Lipinski definition) is 5. The Morgan fingerprint density at radius 2 is 1.83 bits per heavy atom. The van der Waals surface area contributed by atoms with Crippen molar-refractivity contribution in [1.82, 2.24) is 16.2 Å².